The van der Waals surface area contributed by atoms with Gasteiger partial charge in [-0.25, -0.2) is 19.9 Å². The Morgan fingerprint density at radius 3 is 1.83 bits per heavy atom. The van der Waals surface area contributed by atoms with E-state index in [0.717, 1.165) is 35.9 Å². The van der Waals surface area contributed by atoms with Crippen molar-refractivity contribution in [3.05, 3.63) is 41.7 Å². The highest BCUT2D eigenvalue weighted by atomic mass is 15.2. The van der Waals surface area contributed by atoms with Gasteiger partial charge >= 0.3 is 0 Å². The highest BCUT2D eigenvalue weighted by molar-refractivity contribution is 5.30. The highest BCUT2D eigenvalue weighted by Gasteiger charge is 2.22. The van der Waals surface area contributed by atoms with Gasteiger partial charge in [0.25, 0.3) is 0 Å². The Kier molecular flexibility index (Phi) is 5.21. The number of anilines is 1. The molecule has 2 rings (SSSR count). The van der Waals surface area contributed by atoms with E-state index in [-0.39, 0.29) is 10.8 Å². The van der Waals surface area contributed by atoms with Crippen LogP contribution in [-0.4, -0.2) is 33.5 Å². The summed E-state index contributed by atoms with van der Waals surface area (Å²) in [5.41, 5.74) is 2.39. The first-order valence-electron chi connectivity index (χ1n) is 8.42. The largest absolute Gasteiger partial charge is 0.344 e. The number of aromatic nitrogens is 4. The maximum Gasteiger partial charge on any atom is 0.224 e. The summed E-state index contributed by atoms with van der Waals surface area (Å²) >= 11 is 0. The molecule has 0 saturated heterocycles. The van der Waals surface area contributed by atoms with Gasteiger partial charge in [-0.05, 0) is 35.3 Å². The second kappa shape index (κ2) is 6.83. The van der Waals surface area contributed by atoms with Crippen molar-refractivity contribution in [1.29, 1.82) is 0 Å². The molecule has 0 atom stereocenters. The van der Waals surface area contributed by atoms with E-state index < -0.39 is 0 Å². The Balaban J connectivity index is 2.01. The molecule has 0 radical (unpaired) electrons. The molecule has 24 heavy (non-hydrogen) atoms. The van der Waals surface area contributed by atoms with E-state index in [1.165, 1.54) is 0 Å². The van der Waals surface area contributed by atoms with Gasteiger partial charge in [0.05, 0.1) is 0 Å². The summed E-state index contributed by atoms with van der Waals surface area (Å²) in [5, 5.41) is 0. The molecular formula is C19H29N5. The van der Waals surface area contributed by atoms with Crippen molar-refractivity contribution in [3.8, 4) is 0 Å². The average molecular weight is 327 g/mol. The van der Waals surface area contributed by atoms with Crippen LogP contribution >= 0.6 is 0 Å². The summed E-state index contributed by atoms with van der Waals surface area (Å²) in [5.74, 6) is 1.57. The summed E-state index contributed by atoms with van der Waals surface area (Å²) < 4.78 is 0. The predicted molar refractivity (Wildman–Crippen MR) is 98.4 cm³/mol. The van der Waals surface area contributed by atoms with Crippen LogP contribution in [0.2, 0.25) is 0 Å². The molecule has 0 aliphatic heterocycles. The number of hydrogen-bond donors (Lipinski definition) is 0. The second-order valence-corrected chi connectivity index (χ2v) is 8.10. The third-order valence-electron chi connectivity index (χ3n) is 4.48. The van der Waals surface area contributed by atoms with E-state index in [4.69, 9.17) is 0 Å². The van der Waals surface area contributed by atoms with Crippen LogP contribution in [0.25, 0.3) is 0 Å². The minimum absolute atomic E-state index is 0.00725. The van der Waals surface area contributed by atoms with Crippen LogP contribution < -0.4 is 4.90 Å². The quantitative estimate of drug-likeness (QED) is 0.838. The van der Waals surface area contributed by atoms with E-state index in [1.807, 2.05) is 38.8 Å². The minimum Gasteiger partial charge on any atom is -0.344 e. The molecule has 2 aromatic heterocycles. The van der Waals surface area contributed by atoms with E-state index in [2.05, 4.69) is 59.5 Å². The first kappa shape index (κ1) is 18.3. The molecule has 5 heteroatoms. The molecule has 0 saturated carbocycles. The zero-order chi connectivity index (χ0) is 18.0. The van der Waals surface area contributed by atoms with Crippen LogP contribution in [0.4, 0.5) is 5.95 Å². The van der Waals surface area contributed by atoms with Gasteiger partial charge < -0.3 is 4.90 Å². The van der Waals surface area contributed by atoms with Gasteiger partial charge in [-0.2, -0.15) is 0 Å². The molecule has 0 aromatic carbocycles. The number of nitrogens with zero attached hydrogens (tertiary/aromatic N) is 5. The van der Waals surface area contributed by atoms with Gasteiger partial charge in [0.15, 0.2) is 0 Å². The molecule has 0 unspecified atom stereocenters. The van der Waals surface area contributed by atoms with Crippen molar-refractivity contribution in [2.75, 3.05) is 18.5 Å². The summed E-state index contributed by atoms with van der Waals surface area (Å²) in [4.78, 5) is 19.8. The Labute approximate surface area is 145 Å². The summed E-state index contributed by atoms with van der Waals surface area (Å²) in [7, 11) is 2.04. The fourth-order valence-electron chi connectivity index (χ4n) is 2.34. The topological polar surface area (TPSA) is 54.8 Å². The van der Waals surface area contributed by atoms with Crippen molar-refractivity contribution < 1.29 is 0 Å². The van der Waals surface area contributed by atoms with Gasteiger partial charge in [-0.15, -0.1) is 0 Å². The third kappa shape index (κ3) is 4.49. The van der Waals surface area contributed by atoms with E-state index in [9.17, 15) is 0 Å². The smallest absolute Gasteiger partial charge is 0.224 e. The Morgan fingerprint density at radius 1 is 0.833 bits per heavy atom. The number of hydrogen-bond acceptors (Lipinski definition) is 5. The monoisotopic (exact) mass is 327 g/mol. The van der Waals surface area contributed by atoms with Crippen molar-refractivity contribution >= 4 is 5.95 Å². The van der Waals surface area contributed by atoms with Crippen LogP contribution in [0.1, 0.15) is 58.0 Å². The summed E-state index contributed by atoms with van der Waals surface area (Å²) in [6.45, 7) is 13.7. The molecule has 0 amide bonds. The zero-order valence-corrected chi connectivity index (χ0v) is 16.0. The average Bonchev–Trinajstić information content (AvgIpc) is 2.52. The molecule has 0 aliphatic rings. The molecule has 0 fully saturated rings. The lowest BCUT2D eigenvalue weighted by Crippen LogP contribution is -2.28. The van der Waals surface area contributed by atoms with Crippen molar-refractivity contribution in [1.82, 2.24) is 19.9 Å². The van der Waals surface area contributed by atoms with Gasteiger partial charge in [-0.3, -0.25) is 0 Å². The molecule has 2 heterocycles. The third-order valence-corrected chi connectivity index (χ3v) is 4.48. The molecule has 0 aliphatic carbocycles. The van der Waals surface area contributed by atoms with E-state index in [1.54, 1.807) is 0 Å². The van der Waals surface area contributed by atoms with Gasteiger partial charge in [-0.1, -0.05) is 34.6 Å². The highest BCUT2D eigenvalue weighted by Crippen LogP contribution is 2.27. The maximum atomic E-state index is 4.52. The predicted octanol–water partition coefficient (Wildman–Crippen LogP) is 3.68. The van der Waals surface area contributed by atoms with Gasteiger partial charge in [0.1, 0.15) is 5.82 Å². The molecule has 0 N–H and O–H groups in total. The molecule has 2 aromatic rings. The Bertz CT molecular complexity index is 654. The van der Waals surface area contributed by atoms with Crippen molar-refractivity contribution in [3.63, 3.8) is 0 Å². The van der Waals surface area contributed by atoms with Crippen LogP contribution in [0.3, 0.4) is 0 Å². The Hall–Kier alpha value is -2.04. The SMILES string of the molecule is Cc1ncc(C(C)(C)CCN(C)c2ncc(C(C)(C)C)cn2)cn1. The van der Waals surface area contributed by atoms with E-state index in [0.29, 0.717) is 0 Å². The van der Waals surface area contributed by atoms with Gasteiger partial charge in [0.2, 0.25) is 5.95 Å². The summed E-state index contributed by atoms with van der Waals surface area (Å²) in [6.07, 6.45) is 8.68. The van der Waals surface area contributed by atoms with Crippen molar-refractivity contribution in [2.45, 2.75) is 58.8 Å². The normalized spacial score (nSPS) is 12.3. The van der Waals surface area contributed by atoms with Crippen LogP contribution in [0, 0.1) is 6.92 Å². The first-order valence-corrected chi connectivity index (χ1v) is 8.42. The second-order valence-electron chi connectivity index (χ2n) is 8.10. The van der Waals surface area contributed by atoms with E-state index >= 15 is 0 Å². The number of aryl methyl sites for hydroxylation is 1. The molecular weight excluding hydrogens is 298 g/mol. The molecule has 0 spiro atoms. The lowest BCUT2D eigenvalue weighted by molar-refractivity contribution is 0.476. The minimum atomic E-state index is 0.00725. The molecule has 130 valence electrons. The van der Waals surface area contributed by atoms with Crippen LogP contribution in [0.15, 0.2) is 24.8 Å². The standard InChI is InChI=1S/C19H29N5/c1-14-20-12-16(13-21-14)19(5,6)8-9-24(7)17-22-10-15(11-23-17)18(2,3)4/h10-13H,8-9H2,1-7H3. The fraction of sp³-hybridized carbons (Fsp3) is 0.579. The van der Waals surface area contributed by atoms with Gasteiger partial charge in [0, 0.05) is 38.4 Å². The molecule has 0 bridgehead atoms. The van der Waals surface area contributed by atoms with Crippen LogP contribution in [0.5, 0.6) is 0 Å². The van der Waals surface area contributed by atoms with Crippen LogP contribution in [-0.2, 0) is 10.8 Å². The lowest BCUT2D eigenvalue weighted by atomic mass is 9.83. The number of rotatable bonds is 5. The molecule has 5 nitrogen and oxygen atoms in total. The fourth-order valence-corrected chi connectivity index (χ4v) is 2.34. The first-order chi connectivity index (χ1) is 11.1. The van der Waals surface area contributed by atoms with Crippen molar-refractivity contribution in [2.24, 2.45) is 0 Å². The lowest BCUT2D eigenvalue weighted by Gasteiger charge is -2.28. The zero-order valence-electron chi connectivity index (χ0n) is 16.0. The Morgan fingerprint density at radius 2 is 1.33 bits per heavy atom. The summed E-state index contributed by atoms with van der Waals surface area (Å²) in [6, 6.07) is 0. The maximum absolute atomic E-state index is 4.52.